The molecule has 0 saturated carbocycles. The van der Waals surface area contributed by atoms with Crippen LogP contribution in [0.3, 0.4) is 0 Å². The number of aryl methyl sites for hydroxylation is 1. The SMILES string of the molecule is Cn1nc2ccccc2c1CCl. The van der Waals surface area contributed by atoms with Gasteiger partial charge in [0.1, 0.15) is 0 Å². The lowest BCUT2D eigenvalue weighted by Gasteiger charge is -1.94. The Morgan fingerprint density at radius 3 is 2.92 bits per heavy atom. The molecule has 1 heterocycles. The van der Waals surface area contributed by atoms with Crippen LogP contribution in [0.15, 0.2) is 24.3 Å². The van der Waals surface area contributed by atoms with Crippen molar-refractivity contribution in [2.45, 2.75) is 5.88 Å². The molecule has 0 atom stereocenters. The van der Waals surface area contributed by atoms with E-state index in [1.165, 1.54) is 0 Å². The van der Waals surface area contributed by atoms with Crippen LogP contribution in [0.4, 0.5) is 0 Å². The van der Waals surface area contributed by atoms with E-state index in [1.54, 1.807) is 0 Å². The lowest BCUT2D eigenvalue weighted by molar-refractivity contribution is 0.746. The maximum Gasteiger partial charge on any atom is 0.0926 e. The first-order valence-corrected chi connectivity index (χ1v) is 4.33. The second-order valence-electron chi connectivity index (χ2n) is 2.72. The highest BCUT2D eigenvalue weighted by molar-refractivity contribution is 6.17. The normalized spacial score (nSPS) is 10.8. The summed E-state index contributed by atoms with van der Waals surface area (Å²) in [5.41, 5.74) is 2.09. The molecule has 1 aromatic heterocycles. The summed E-state index contributed by atoms with van der Waals surface area (Å²) in [6.07, 6.45) is 0. The fourth-order valence-electron chi connectivity index (χ4n) is 1.36. The molecule has 2 aromatic rings. The van der Waals surface area contributed by atoms with Crippen LogP contribution >= 0.6 is 11.6 Å². The average Bonchev–Trinajstić information content (AvgIpc) is 2.40. The Morgan fingerprint density at radius 1 is 1.42 bits per heavy atom. The minimum atomic E-state index is 0.511. The van der Waals surface area contributed by atoms with Crippen molar-refractivity contribution in [1.29, 1.82) is 0 Å². The van der Waals surface area contributed by atoms with Gasteiger partial charge in [-0.05, 0) is 6.07 Å². The van der Waals surface area contributed by atoms with Crippen molar-refractivity contribution in [3.8, 4) is 0 Å². The quantitative estimate of drug-likeness (QED) is 0.616. The summed E-state index contributed by atoms with van der Waals surface area (Å²) in [5.74, 6) is 0.511. The fourth-order valence-corrected chi connectivity index (χ4v) is 1.68. The highest BCUT2D eigenvalue weighted by Gasteiger charge is 2.05. The molecule has 0 amide bonds. The molecule has 0 bridgehead atoms. The van der Waals surface area contributed by atoms with E-state index in [0.717, 1.165) is 16.6 Å². The van der Waals surface area contributed by atoms with Gasteiger partial charge < -0.3 is 0 Å². The molecule has 0 fully saturated rings. The maximum absolute atomic E-state index is 5.79. The number of halogens is 1. The number of alkyl halides is 1. The largest absolute Gasteiger partial charge is 0.270 e. The van der Waals surface area contributed by atoms with Crippen molar-refractivity contribution in [3.05, 3.63) is 30.0 Å². The van der Waals surface area contributed by atoms with E-state index in [1.807, 2.05) is 36.0 Å². The standard InChI is InChI=1S/C9H9ClN2/c1-12-9(6-10)7-4-2-3-5-8(7)11-12/h2-5H,6H2,1H3. The Balaban J connectivity index is 2.81. The second kappa shape index (κ2) is 2.79. The van der Waals surface area contributed by atoms with E-state index in [2.05, 4.69) is 5.10 Å². The molecule has 1 aromatic carbocycles. The molecule has 0 N–H and O–H groups in total. The molecule has 0 aliphatic heterocycles. The van der Waals surface area contributed by atoms with E-state index in [-0.39, 0.29) is 0 Å². The van der Waals surface area contributed by atoms with E-state index >= 15 is 0 Å². The fraction of sp³-hybridized carbons (Fsp3) is 0.222. The third-order valence-electron chi connectivity index (χ3n) is 1.99. The van der Waals surface area contributed by atoms with E-state index < -0.39 is 0 Å². The Morgan fingerprint density at radius 2 is 2.17 bits per heavy atom. The number of hydrogen-bond donors (Lipinski definition) is 0. The number of rotatable bonds is 1. The van der Waals surface area contributed by atoms with Crippen molar-refractivity contribution in [3.63, 3.8) is 0 Å². The van der Waals surface area contributed by atoms with Gasteiger partial charge in [0.15, 0.2) is 0 Å². The van der Waals surface area contributed by atoms with Gasteiger partial charge in [0.2, 0.25) is 0 Å². The van der Waals surface area contributed by atoms with Crippen LogP contribution in [-0.2, 0) is 12.9 Å². The number of aromatic nitrogens is 2. The number of fused-ring (bicyclic) bond motifs is 1. The van der Waals surface area contributed by atoms with Gasteiger partial charge in [0.25, 0.3) is 0 Å². The Kier molecular flexibility index (Phi) is 1.77. The minimum Gasteiger partial charge on any atom is -0.270 e. The molecule has 0 unspecified atom stereocenters. The lowest BCUT2D eigenvalue weighted by atomic mass is 10.2. The van der Waals surface area contributed by atoms with Gasteiger partial charge in [-0.2, -0.15) is 5.10 Å². The summed E-state index contributed by atoms with van der Waals surface area (Å²) in [4.78, 5) is 0. The van der Waals surface area contributed by atoms with Gasteiger partial charge in [0, 0.05) is 12.4 Å². The summed E-state index contributed by atoms with van der Waals surface area (Å²) in [7, 11) is 1.91. The molecule has 62 valence electrons. The molecule has 0 aliphatic rings. The summed E-state index contributed by atoms with van der Waals surface area (Å²) in [6.45, 7) is 0. The average molecular weight is 181 g/mol. The highest BCUT2D eigenvalue weighted by Crippen LogP contribution is 2.18. The van der Waals surface area contributed by atoms with Crippen molar-refractivity contribution in [1.82, 2.24) is 9.78 Å². The van der Waals surface area contributed by atoms with Crippen LogP contribution in [-0.4, -0.2) is 9.78 Å². The first kappa shape index (κ1) is 7.62. The molecule has 2 nitrogen and oxygen atoms in total. The van der Waals surface area contributed by atoms with Crippen molar-refractivity contribution >= 4 is 22.5 Å². The van der Waals surface area contributed by atoms with E-state index in [9.17, 15) is 0 Å². The van der Waals surface area contributed by atoms with Crippen molar-refractivity contribution < 1.29 is 0 Å². The van der Waals surface area contributed by atoms with Gasteiger partial charge >= 0.3 is 0 Å². The maximum atomic E-state index is 5.79. The van der Waals surface area contributed by atoms with Crippen LogP contribution in [0, 0.1) is 0 Å². The first-order chi connectivity index (χ1) is 5.83. The monoisotopic (exact) mass is 180 g/mol. The van der Waals surface area contributed by atoms with Crippen molar-refractivity contribution in [2.24, 2.45) is 7.05 Å². The second-order valence-corrected chi connectivity index (χ2v) is 2.99. The van der Waals surface area contributed by atoms with Gasteiger partial charge in [-0.15, -0.1) is 11.6 Å². The zero-order valence-electron chi connectivity index (χ0n) is 6.79. The summed E-state index contributed by atoms with van der Waals surface area (Å²) in [5, 5.41) is 5.46. The van der Waals surface area contributed by atoms with Crippen LogP contribution in [0.25, 0.3) is 10.9 Å². The molecular weight excluding hydrogens is 172 g/mol. The first-order valence-electron chi connectivity index (χ1n) is 3.79. The van der Waals surface area contributed by atoms with Gasteiger partial charge in [-0.1, -0.05) is 18.2 Å². The Labute approximate surface area is 75.8 Å². The van der Waals surface area contributed by atoms with Crippen LogP contribution < -0.4 is 0 Å². The number of nitrogens with zero attached hydrogens (tertiary/aromatic N) is 2. The number of hydrogen-bond acceptors (Lipinski definition) is 1. The zero-order valence-corrected chi connectivity index (χ0v) is 7.54. The summed E-state index contributed by atoms with van der Waals surface area (Å²) in [6, 6.07) is 8.01. The van der Waals surface area contributed by atoms with Gasteiger partial charge in [-0.25, -0.2) is 0 Å². The van der Waals surface area contributed by atoms with Gasteiger partial charge in [0.05, 0.1) is 17.1 Å². The van der Waals surface area contributed by atoms with Crippen molar-refractivity contribution in [2.75, 3.05) is 0 Å². The molecule has 2 rings (SSSR count). The lowest BCUT2D eigenvalue weighted by Crippen LogP contribution is -1.94. The molecular formula is C9H9ClN2. The van der Waals surface area contributed by atoms with Crippen LogP contribution in [0.5, 0.6) is 0 Å². The third-order valence-corrected chi connectivity index (χ3v) is 2.24. The van der Waals surface area contributed by atoms with Crippen LogP contribution in [0.2, 0.25) is 0 Å². The Hall–Kier alpha value is -1.02. The number of benzene rings is 1. The summed E-state index contributed by atoms with van der Waals surface area (Å²) < 4.78 is 1.83. The molecule has 0 spiro atoms. The molecule has 0 radical (unpaired) electrons. The topological polar surface area (TPSA) is 17.8 Å². The predicted octanol–water partition coefficient (Wildman–Crippen LogP) is 2.31. The highest BCUT2D eigenvalue weighted by atomic mass is 35.5. The molecule has 0 aliphatic carbocycles. The van der Waals surface area contributed by atoms with Crippen LogP contribution in [0.1, 0.15) is 5.69 Å². The van der Waals surface area contributed by atoms with E-state index in [4.69, 9.17) is 11.6 Å². The smallest absolute Gasteiger partial charge is 0.0926 e. The third kappa shape index (κ3) is 0.994. The molecule has 0 saturated heterocycles. The Bertz CT molecular complexity index is 406. The zero-order chi connectivity index (χ0) is 8.55. The van der Waals surface area contributed by atoms with E-state index in [0.29, 0.717) is 5.88 Å². The van der Waals surface area contributed by atoms with Gasteiger partial charge in [-0.3, -0.25) is 4.68 Å². The molecule has 12 heavy (non-hydrogen) atoms. The minimum absolute atomic E-state index is 0.511. The molecule has 3 heteroatoms. The predicted molar refractivity (Wildman–Crippen MR) is 50.3 cm³/mol. The summed E-state index contributed by atoms with van der Waals surface area (Å²) >= 11 is 5.79.